The summed E-state index contributed by atoms with van der Waals surface area (Å²) in [5.74, 6) is -0.437. The van der Waals surface area contributed by atoms with Crippen molar-refractivity contribution in [1.29, 1.82) is 0 Å². The highest BCUT2D eigenvalue weighted by Crippen LogP contribution is 2.24. The van der Waals surface area contributed by atoms with Crippen LogP contribution in [0.2, 0.25) is 0 Å². The minimum Gasteiger partial charge on any atom is -0.508 e. The number of rotatable bonds is 3. The second-order valence-corrected chi connectivity index (χ2v) is 7.01. The summed E-state index contributed by atoms with van der Waals surface area (Å²) in [7, 11) is 0. The summed E-state index contributed by atoms with van der Waals surface area (Å²) >= 11 is 0. The Morgan fingerprint density at radius 2 is 0.733 bits per heavy atom. The lowest BCUT2D eigenvalue weighted by Gasteiger charge is -2.25. The number of aliphatic hydroxyl groups is 6. The minimum atomic E-state index is -0.510. The molecule has 2 aromatic carbocycles. The molecule has 0 saturated heterocycles. The van der Waals surface area contributed by atoms with Crippen molar-refractivity contribution in [3.05, 3.63) is 53.1 Å². The Kier molecular flexibility index (Phi) is 11.1. The van der Waals surface area contributed by atoms with Crippen molar-refractivity contribution >= 4 is 0 Å². The summed E-state index contributed by atoms with van der Waals surface area (Å²) in [5, 5.41) is 79.3. The molecule has 9 N–H and O–H groups in total. The summed E-state index contributed by atoms with van der Waals surface area (Å²) in [4.78, 5) is 0. The fourth-order valence-electron chi connectivity index (χ4n) is 2.92. The second-order valence-electron chi connectivity index (χ2n) is 7.01. The van der Waals surface area contributed by atoms with Gasteiger partial charge in [-0.3, -0.25) is 0 Å². The number of aliphatic hydroxyl groups excluding tert-OH is 6. The average Bonchev–Trinajstić information content (AvgIpc) is 2.66. The molecule has 9 heteroatoms. The number of benzene rings is 2. The number of phenolic OH excluding ortho intramolecular Hbond substituents is 3. The lowest BCUT2D eigenvalue weighted by Crippen LogP contribution is -2.32. The zero-order chi connectivity index (χ0) is 22.7. The molecule has 0 amide bonds. The fraction of sp³-hybridized carbons (Fsp3) is 0.429. The van der Waals surface area contributed by atoms with Gasteiger partial charge in [-0.05, 0) is 36.0 Å². The highest BCUT2D eigenvalue weighted by atomic mass is 16.3. The van der Waals surface area contributed by atoms with E-state index in [9.17, 15) is 0 Å². The van der Waals surface area contributed by atoms with Gasteiger partial charge in [0.05, 0.1) is 38.1 Å². The van der Waals surface area contributed by atoms with Gasteiger partial charge in [-0.15, -0.1) is 0 Å². The van der Waals surface area contributed by atoms with Crippen molar-refractivity contribution in [2.24, 2.45) is 0 Å². The Hall–Kier alpha value is -2.40. The summed E-state index contributed by atoms with van der Waals surface area (Å²) in [6, 6.07) is 8.54. The van der Waals surface area contributed by atoms with Gasteiger partial charge in [-0.1, -0.05) is 18.2 Å². The molecule has 1 aliphatic rings. The third-order valence-corrected chi connectivity index (χ3v) is 4.18. The molecule has 0 aromatic heterocycles. The molecule has 2 aromatic rings. The minimum absolute atomic E-state index is 0.0686. The van der Waals surface area contributed by atoms with Gasteiger partial charge in [0.15, 0.2) is 0 Å². The Balaban J connectivity index is 0.000000229. The summed E-state index contributed by atoms with van der Waals surface area (Å²) in [6.45, 7) is -0.206. The summed E-state index contributed by atoms with van der Waals surface area (Å²) in [5.41, 5.74) is 2.14. The van der Waals surface area contributed by atoms with Crippen LogP contribution >= 0.6 is 0 Å². The van der Waals surface area contributed by atoms with Crippen LogP contribution in [0.25, 0.3) is 0 Å². The molecular formula is C21H30O9. The van der Waals surface area contributed by atoms with Crippen LogP contribution in [0.4, 0.5) is 0 Å². The number of aromatic hydroxyl groups is 3. The van der Waals surface area contributed by atoms with Gasteiger partial charge >= 0.3 is 0 Å². The van der Waals surface area contributed by atoms with Crippen LogP contribution < -0.4 is 0 Å². The second kappa shape index (κ2) is 13.0. The predicted octanol–water partition coefficient (Wildman–Crippen LogP) is 0.220. The van der Waals surface area contributed by atoms with Gasteiger partial charge in [-0.25, -0.2) is 0 Å². The topological polar surface area (TPSA) is 182 Å². The first-order chi connectivity index (χ1) is 14.2. The van der Waals surface area contributed by atoms with Crippen molar-refractivity contribution in [3.8, 4) is 17.2 Å². The average molecular weight is 426 g/mol. The zero-order valence-corrected chi connectivity index (χ0v) is 16.5. The SMILES string of the molecule is OC1CC(O)CC(O)C1.OCc1cc(CO)cc(CO)c1.Oc1cc(O)cc(O)c1. The first-order valence-electron chi connectivity index (χ1n) is 9.37. The molecule has 1 saturated carbocycles. The lowest BCUT2D eigenvalue weighted by molar-refractivity contribution is -0.0247. The zero-order valence-electron chi connectivity index (χ0n) is 16.5. The van der Waals surface area contributed by atoms with Crippen molar-refractivity contribution in [1.82, 2.24) is 0 Å². The highest BCUT2D eigenvalue weighted by molar-refractivity contribution is 5.39. The first-order valence-corrected chi connectivity index (χ1v) is 9.37. The highest BCUT2D eigenvalue weighted by Gasteiger charge is 2.24. The van der Waals surface area contributed by atoms with Crippen LogP contribution in [0.1, 0.15) is 36.0 Å². The molecule has 0 heterocycles. The molecule has 0 aliphatic heterocycles. The maximum Gasteiger partial charge on any atom is 0.122 e. The van der Waals surface area contributed by atoms with E-state index in [0.29, 0.717) is 36.0 Å². The standard InChI is InChI=1S/C9H12O3.C6H12O3.C6H6O3/c10-4-7-1-8(5-11)3-9(2-7)6-12;2*7-4-1-5(8)3-6(9)2-4/h1-3,10-12H,4-6H2;4-9H,1-3H2;1-3,7-9H. The molecule has 3 rings (SSSR count). The van der Waals surface area contributed by atoms with Gasteiger partial charge in [0.25, 0.3) is 0 Å². The Morgan fingerprint density at radius 1 is 0.500 bits per heavy atom. The summed E-state index contributed by atoms with van der Waals surface area (Å²) < 4.78 is 0. The number of hydrogen-bond acceptors (Lipinski definition) is 9. The van der Waals surface area contributed by atoms with Crippen molar-refractivity contribution < 1.29 is 46.0 Å². The quantitative estimate of drug-likeness (QED) is 0.331. The van der Waals surface area contributed by atoms with E-state index in [1.807, 2.05) is 0 Å². The van der Waals surface area contributed by atoms with Crippen molar-refractivity contribution in [2.75, 3.05) is 0 Å². The third kappa shape index (κ3) is 9.88. The van der Waals surface area contributed by atoms with Crippen LogP contribution in [0.5, 0.6) is 17.2 Å². The molecule has 1 aliphatic carbocycles. The Bertz CT molecular complexity index is 635. The third-order valence-electron chi connectivity index (χ3n) is 4.18. The monoisotopic (exact) mass is 426 g/mol. The molecule has 0 bridgehead atoms. The molecule has 0 unspecified atom stereocenters. The first kappa shape index (κ1) is 25.6. The smallest absolute Gasteiger partial charge is 0.122 e. The van der Waals surface area contributed by atoms with E-state index >= 15 is 0 Å². The maximum absolute atomic E-state index is 8.93. The Morgan fingerprint density at radius 3 is 0.933 bits per heavy atom. The van der Waals surface area contributed by atoms with Crippen LogP contribution in [-0.4, -0.2) is 64.3 Å². The van der Waals surface area contributed by atoms with Crippen molar-refractivity contribution in [2.45, 2.75) is 57.4 Å². The van der Waals surface area contributed by atoms with Gasteiger partial charge in [0.2, 0.25) is 0 Å². The van der Waals surface area contributed by atoms with Gasteiger partial charge < -0.3 is 46.0 Å². The van der Waals surface area contributed by atoms with E-state index in [1.54, 1.807) is 18.2 Å². The van der Waals surface area contributed by atoms with Crippen LogP contribution in [-0.2, 0) is 19.8 Å². The van der Waals surface area contributed by atoms with E-state index in [4.69, 9.17) is 46.0 Å². The molecular weight excluding hydrogens is 396 g/mol. The van der Waals surface area contributed by atoms with Gasteiger partial charge in [0.1, 0.15) is 17.2 Å². The fourth-order valence-corrected chi connectivity index (χ4v) is 2.92. The van der Waals surface area contributed by atoms with E-state index in [0.717, 1.165) is 18.2 Å². The van der Waals surface area contributed by atoms with Gasteiger partial charge in [-0.2, -0.15) is 0 Å². The number of hydrogen-bond donors (Lipinski definition) is 9. The summed E-state index contributed by atoms with van der Waals surface area (Å²) in [6.07, 6.45) is -0.290. The largest absolute Gasteiger partial charge is 0.508 e. The van der Waals surface area contributed by atoms with Crippen LogP contribution in [0.15, 0.2) is 36.4 Å². The van der Waals surface area contributed by atoms with E-state index in [2.05, 4.69) is 0 Å². The van der Waals surface area contributed by atoms with E-state index in [1.165, 1.54) is 0 Å². The predicted molar refractivity (Wildman–Crippen MR) is 108 cm³/mol. The van der Waals surface area contributed by atoms with E-state index < -0.39 is 18.3 Å². The Labute approximate surface area is 174 Å². The van der Waals surface area contributed by atoms with E-state index in [-0.39, 0.29) is 37.1 Å². The van der Waals surface area contributed by atoms with Crippen LogP contribution in [0, 0.1) is 0 Å². The molecule has 9 nitrogen and oxygen atoms in total. The molecule has 0 spiro atoms. The number of phenols is 3. The van der Waals surface area contributed by atoms with Crippen molar-refractivity contribution in [3.63, 3.8) is 0 Å². The lowest BCUT2D eigenvalue weighted by atomic mass is 9.93. The molecule has 30 heavy (non-hydrogen) atoms. The van der Waals surface area contributed by atoms with Gasteiger partial charge in [0, 0.05) is 18.2 Å². The normalized spacial score (nSPS) is 20.4. The molecule has 168 valence electrons. The molecule has 1 fully saturated rings. The van der Waals surface area contributed by atoms with Crippen LogP contribution in [0.3, 0.4) is 0 Å². The maximum atomic E-state index is 8.93. The molecule has 0 radical (unpaired) electrons. The molecule has 0 atom stereocenters.